The third-order valence-corrected chi connectivity index (χ3v) is 2.45. The number of ketones is 1. The molecule has 4 nitrogen and oxygen atoms in total. The zero-order valence-corrected chi connectivity index (χ0v) is 10.2. The fourth-order valence-electron chi connectivity index (χ4n) is 1.57. The summed E-state index contributed by atoms with van der Waals surface area (Å²) in [6.07, 6.45) is 2.27. The zero-order valence-electron chi connectivity index (χ0n) is 10.2. The highest BCUT2D eigenvalue weighted by Crippen LogP contribution is 2.10. The van der Waals surface area contributed by atoms with Crippen LogP contribution in [0.4, 0.5) is 0 Å². The minimum Gasteiger partial charge on any atom is -0.465 e. The first-order valence-electron chi connectivity index (χ1n) is 5.78. The molecule has 1 aromatic rings. The Kier molecular flexibility index (Phi) is 5.33. The Morgan fingerprint density at radius 1 is 1.35 bits per heavy atom. The fourth-order valence-corrected chi connectivity index (χ4v) is 1.57. The minimum atomic E-state index is -0.669. The normalized spacial score (nSPS) is 11.9. The van der Waals surface area contributed by atoms with Crippen molar-refractivity contribution in [1.82, 2.24) is 4.98 Å². The van der Waals surface area contributed by atoms with Gasteiger partial charge in [-0.3, -0.25) is 14.6 Å². The van der Waals surface area contributed by atoms with Gasteiger partial charge in [-0.2, -0.15) is 0 Å². The van der Waals surface area contributed by atoms with Gasteiger partial charge in [-0.05, 0) is 25.5 Å². The summed E-state index contributed by atoms with van der Waals surface area (Å²) >= 11 is 0. The first kappa shape index (κ1) is 13.4. The molecule has 0 aromatic carbocycles. The average Bonchev–Trinajstić information content (AvgIpc) is 2.31. The van der Waals surface area contributed by atoms with E-state index < -0.39 is 11.9 Å². The van der Waals surface area contributed by atoms with Crippen LogP contribution in [-0.2, 0) is 20.7 Å². The first-order valence-corrected chi connectivity index (χ1v) is 5.78. The second kappa shape index (κ2) is 6.78. The van der Waals surface area contributed by atoms with Crippen LogP contribution >= 0.6 is 0 Å². The SMILES string of the molecule is CCOC(=O)C(CC)C(=O)Cc1ccccn1. The quantitative estimate of drug-likeness (QED) is 0.557. The van der Waals surface area contributed by atoms with Crippen LogP contribution in [0.2, 0.25) is 0 Å². The van der Waals surface area contributed by atoms with Crippen molar-refractivity contribution in [2.45, 2.75) is 26.7 Å². The molecule has 1 aromatic heterocycles. The summed E-state index contributed by atoms with van der Waals surface area (Å²) in [6.45, 7) is 3.83. The van der Waals surface area contributed by atoms with Crippen molar-refractivity contribution in [2.24, 2.45) is 5.92 Å². The molecular formula is C13H17NO3. The Bertz CT molecular complexity index is 376. The summed E-state index contributed by atoms with van der Waals surface area (Å²) < 4.78 is 4.87. The van der Waals surface area contributed by atoms with E-state index in [9.17, 15) is 9.59 Å². The van der Waals surface area contributed by atoms with Crippen LogP contribution in [0.25, 0.3) is 0 Å². The lowest BCUT2D eigenvalue weighted by Crippen LogP contribution is -2.27. The van der Waals surface area contributed by atoms with E-state index in [2.05, 4.69) is 4.98 Å². The lowest BCUT2D eigenvalue weighted by molar-refractivity contribution is -0.151. The third-order valence-electron chi connectivity index (χ3n) is 2.45. The zero-order chi connectivity index (χ0) is 12.7. The molecule has 0 spiro atoms. The van der Waals surface area contributed by atoms with Gasteiger partial charge in [-0.25, -0.2) is 0 Å². The summed E-state index contributed by atoms with van der Waals surface area (Å²) in [6, 6.07) is 5.38. The molecule has 0 amide bonds. The highest BCUT2D eigenvalue weighted by molar-refractivity contribution is 5.99. The lowest BCUT2D eigenvalue weighted by Gasteiger charge is -2.11. The topological polar surface area (TPSA) is 56.3 Å². The van der Waals surface area contributed by atoms with Crippen LogP contribution in [0.3, 0.4) is 0 Å². The smallest absolute Gasteiger partial charge is 0.316 e. The fraction of sp³-hybridized carbons (Fsp3) is 0.462. The monoisotopic (exact) mass is 235 g/mol. The molecule has 4 heteroatoms. The van der Waals surface area contributed by atoms with E-state index >= 15 is 0 Å². The average molecular weight is 235 g/mol. The Labute approximate surface area is 101 Å². The number of pyridine rings is 1. The molecule has 1 rings (SSSR count). The van der Waals surface area contributed by atoms with Gasteiger partial charge >= 0.3 is 5.97 Å². The van der Waals surface area contributed by atoms with E-state index in [0.717, 1.165) is 0 Å². The van der Waals surface area contributed by atoms with Gasteiger partial charge in [0.2, 0.25) is 0 Å². The number of hydrogen-bond acceptors (Lipinski definition) is 4. The maximum atomic E-state index is 11.9. The first-order chi connectivity index (χ1) is 8.19. The Hall–Kier alpha value is -1.71. The van der Waals surface area contributed by atoms with Crippen LogP contribution in [0.5, 0.6) is 0 Å². The number of rotatable bonds is 6. The number of Topliss-reactive ketones (excluding diaryl/α,β-unsaturated/α-hetero) is 1. The molecule has 1 unspecified atom stereocenters. The molecule has 0 aliphatic rings. The lowest BCUT2D eigenvalue weighted by atomic mass is 9.97. The molecule has 17 heavy (non-hydrogen) atoms. The minimum absolute atomic E-state index is 0.135. The molecule has 0 saturated carbocycles. The highest BCUT2D eigenvalue weighted by atomic mass is 16.5. The van der Waals surface area contributed by atoms with Crippen molar-refractivity contribution in [1.29, 1.82) is 0 Å². The van der Waals surface area contributed by atoms with Crippen LogP contribution in [0, 0.1) is 5.92 Å². The summed E-state index contributed by atoms with van der Waals surface area (Å²) in [5.74, 6) is -1.24. The van der Waals surface area contributed by atoms with Gasteiger partial charge in [0.25, 0.3) is 0 Å². The van der Waals surface area contributed by atoms with Gasteiger partial charge in [0, 0.05) is 18.3 Å². The molecule has 0 fully saturated rings. The molecule has 1 heterocycles. The van der Waals surface area contributed by atoms with E-state index in [4.69, 9.17) is 4.74 Å². The Balaban J connectivity index is 2.64. The van der Waals surface area contributed by atoms with E-state index in [0.29, 0.717) is 18.7 Å². The maximum Gasteiger partial charge on any atom is 0.316 e. The molecule has 0 radical (unpaired) electrons. The molecular weight excluding hydrogens is 218 g/mol. The van der Waals surface area contributed by atoms with E-state index in [1.54, 1.807) is 32.2 Å². The van der Waals surface area contributed by atoms with Crippen molar-refractivity contribution in [3.05, 3.63) is 30.1 Å². The Morgan fingerprint density at radius 2 is 2.12 bits per heavy atom. The highest BCUT2D eigenvalue weighted by Gasteiger charge is 2.25. The predicted octanol–water partition coefficient (Wildman–Crippen LogP) is 1.78. The van der Waals surface area contributed by atoms with Crippen LogP contribution < -0.4 is 0 Å². The molecule has 0 saturated heterocycles. The molecule has 0 aliphatic heterocycles. The summed E-state index contributed by atoms with van der Waals surface area (Å²) in [7, 11) is 0. The van der Waals surface area contributed by atoms with Gasteiger partial charge in [-0.15, -0.1) is 0 Å². The van der Waals surface area contributed by atoms with E-state index in [-0.39, 0.29) is 12.2 Å². The van der Waals surface area contributed by atoms with Gasteiger partial charge in [0.05, 0.1) is 6.61 Å². The third kappa shape index (κ3) is 3.98. The largest absolute Gasteiger partial charge is 0.465 e. The molecule has 0 bridgehead atoms. The predicted molar refractivity (Wildman–Crippen MR) is 63.4 cm³/mol. The molecule has 0 aliphatic carbocycles. The van der Waals surface area contributed by atoms with Crippen molar-refractivity contribution < 1.29 is 14.3 Å². The number of nitrogens with zero attached hydrogens (tertiary/aromatic N) is 1. The molecule has 92 valence electrons. The number of ether oxygens (including phenoxy) is 1. The number of esters is 1. The van der Waals surface area contributed by atoms with E-state index in [1.165, 1.54) is 0 Å². The molecule has 1 atom stereocenters. The summed E-state index contributed by atoms with van der Waals surface area (Å²) in [5, 5.41) is 0. The molecule has 0 N–H and O–H groups in total. The van der Waals surface area contributed by atoms with Crippen LogP contribution in [0.1, 0.15) is 26.0 Å². The number of aromatic nitrogens is 1. The number of hydrogen-bond donors (Lipinski definition) is 0. The summed E-state index contributed by atoms with van der Waals surface area (Å²) in [5.41, 5.74) is 0.681. The van der Waals surface area contributed by atoms with Crippen LogP contribution in [-0.4, -0.2) is 23.3 Å². The van der Waals surface area contributed by atoms with Gasteiger partial charge in [0.1, 0.15) is 5.92 Å². The van der Waals surface area contributed by atoms with Crippen molar-refractivity contribution in [2.75, 3.05) is 6.61 Å². The van der Waals surface area contributed by atoms with Gasteiger partial charge in [-0.1, -0.05) is 13.0 Å². The summed E-state index contributed by atoms with van der Waals surface area (Å²) in [4.78, 5) is 27.5. The van der Waals surface area contributed by atoms with E-state index in [1.807, 2.05) is 6.07 Å². The van der Waals surface area contributed by atoms with Crippen molar-refractivity contribution >= 4 is 11.8 Å². The van der Waals surface area contributed by atoms with Gasteiger partial charge in [0.15, 0.2) is 5.78 Å². The van der Waals surface area contributed by atoms with Crippen molar-refractivity contribution in [3.8, 4) is 0 Å². The second-order valence-corrected chi connectivity index (χ2v) is 3.68. The second-order valence-electron chi connectivity index (χ2n) is 3.68. The maximum absolute atomic E-state index is 11.9. The van der Waals surface area contributed by atoms with Crippen LogP contribution in [0.15, 0.2) is 24.4 Å². The number of carbonyl (C=O) groups excluding carboxylic acids is 2. The van der Waals surface area contributed by atoms with Gasteiger partial charge < -0.3 is 4.74 Å². The van der Waals surface area contributed by atoms with Crippen molar-refractivity contribution in [3.63, 3.8) is 0 Å². The number of carbonyl (C=O) groups is 2. The Morgan fingerprint density at radius 3 is 2.65 bits per heavy atom. The standard InChI is InChI=1S/C13H17NO3/c1-3-11(13(16)17-4-2)12(15)9-10-7-5-6-8-14-10/h5-8,11H,3-4,9H2,1-2H3.